The van der Waals surface area contributed by atoms with Gasteiger partial charge in [0.05, 0.1) is 12.1 Å². The minimum absolute atomic E-state index is 0.247. The van der Waals surface area contributed by atoms with Crippen molar-refractivity contribution in [1.29, 1.82) is 0 Å². The average Bonchev–Trinajstić information content (AvgIpc) is 3.13. The number of carbonyl (C=O) groups is 1. The maximum Gasteiger partial charge on any atom is 0.338 e. The minimum Gasteiger partial charge on any atom is -0.478 e. The SMILES string of the molecule is O=C(O)c1cc(CC2CCN(Cc3ncc[nH]3)C2)ccc1F. The molecule has 1 atom stereocenters. The van der Waals surface area contributed by atoms with E-state index >= 15 is 0 Å². The molecule has 22 heavy (non-hydrogen) atoms. The Balaban J connectivity index is 1.60. The second-order valence-electron chi connectivity index (χ2n) is 5.75. The smallest absolute Gasteiger partial charge is 0.338 e. The molecule has 2 heterocycles. The lowest BCUT2D eigenvalue weighted by Crippen LogP contribution is -2.21. The monoisotopic (exact) mass is 303 g/mol. The number of hydrogen-bond donors (Lipinski definition) is 2. The molecule has 1 aliphatic rings. The maximum atomic E-state index is 13.4. The van der Waals surface area contributed by atoms with Gasteiger partial charge in [0.2, 0.25) is 0 Å². The van der Waals surface area contributed by atoms with Gasteiger partial charge >= 0.3 is 5.97 Å². The zero-order chi connectivity index (χ0) is 15.5. The molecule has 1 fully saturated rings. The first kappa shape index (κ1) is 14.7. The summed E-state index contributed by atoms with van der Waals surface area (Å²) >= 11 is 0. The van der Waals surface area contributed by atoms with Gasteiger partial charge in [-0.25, -0.2) is 14.2 Å². The largest absolute Gasteiger partial charge is 0.478 e. The van der Waals surface area contributed by atoms with E-state index in [0.29, 0.717) is 5.92 Å². The van der Waals surface area contributed by atoms with E-state index in [2.05, 4.69) is 14.9 Å². The topological polar surface area (TPSA) is 69.2 Å². The average molecular weight is 303 g/mol. The van der Waals surface area contributed by atoms with E-state index in [1.54, 1.807) is 12.3 Å². The first-order valence-electron chi connectivity index (χ1n) is 7.34. The Labute approximate surface area is 127 Å². The zero-order valence-corrected chi connectivity index (χ0v) is 12.1. The first-order valence-corrected chi connectivity index (χ1v) is 7.34. The summed E-state index contributed by atoms with van der Waals surface area (Å²) in [6, 6.07) is 4.37. The molecule has 1 aromatic carbocycles. The number of aromatic nitrogens is 2. The van der Waals surface area contributed by atoms with E-state index in [9.17, 15) is 9.18 Å². The van der Waals surface area contributed by atoms with Crippen molar-refractivity contribution in [3.05, 3.63) is 53.4 Å². The summed E-state index contributed by atoms with van der Waals surface area (Å²) in [5.74, 6) is -0.481. The van der Waals surface area contributed by atoms with Gasteiger partial charge in [-0.15, -0.1) is 0 Å². The number of carboxylic acid groups (broad SMARTS) is 1. The van der Waals surface area contributed by atoms with Crippen molar-refractivity contribution in [1.82, 2.24) is 14.9 Å². The van der Waals surface area contributed by atoms with Crippen LogP contribution in [0, 0.1) is 11.7 Å². The van der Waals surface area contributed by atoms with Gasteiger partial charge in [-0.2, -0.15) is 0 Å². The number of aromatic amines is 1. The van der Waals surface area contributed by atoms with Crippen molar-refractivity contribution in [3.8, 4) is 0 Å². The second kappa shape index (κ2) is 6.27. The molecule has 1 saturated heterocycles. The highest BCUT2D eigenvalue weighted by Crippen LogP contribution is 2.23. The number of halogens is 1. The van der Waals surface area contributed by atoms with E-state index in [4.69, 9.17) is 5.11 Å². The van der Waals surface area contributed by atoms with Crippen LogP contribution in [0.25, 0.3) is 0 Å². The normalized spacial score (nSPS) is 18.7. The summed E-state index contributed by atoms with van der Waals surface area (Å²) in [5.41, 5.74) is 0.631. The predicted octanol–water partition coefficient (Wildman–Crippen LogP) is 2.31. The predicted molar refractivity (Wildman–Crippen MR) is 79.0 cm³/mol. The highest BCUT2D eigenvalue weighted by Gasteiger charge is 2.23. The lowest BCUT2D eigenvalue weighted by molar-refractivity contribution is 0.0691. The van der Waals surface area contributed by atoms with Crippen LogP contribution in [0.1, 0.15) is 28.2 Å². The van der Waals surface area contributed by atoms with Crippen molar-refractivity contribution in [2.45, 2.75) is 19.4 Å². The Bertz CT molecular complexity index is 657. The number of nitrogens with one attached hydrogen (secondary N) is 1. The zero-order valence-electron chi connectivity index (χ0n) is 12.1. The molecule has 2 aromatic rings. The van der Waals surface area contributed by atoms with Crippen molar-refractivity contribution in [3.63, 3.8) is 0 Å². The Morgan fingerprint density at radius 2 is 2.36 bits per heavy atom. The molecule has 1 unspecified atom stereocenters. The van der Waals surface area contributed by atoms with Crippen LogP contribution < -0.4 is 0 Å². The number of aromatic carboxylic acids is 1. The van der Waals surface area contributed by atoms with Gasteiger partial charge in [-0.3, -0.25) is 4.90 Å². The lowest BCUT2D eigenvalue weighted by atomic mass is 9.97. The Kier molecular flexibility index (Phi) is 4.20. The summed E-state index contributed by atoms with van der Waals surface area (Å²) in [6.45, 7) is 2.74. The van der Waals surface area contributed by atoms with Gasteiger partial charge in [0.15, 0.2) is 0 Å². The lowest BCUT2D eigenvalue weighted by Gasteiger charge is -2.14. The van der Waals surface area contributed by atoms with Crippen LogP contribution >= 0.6 is 0 Å². The number of hydrogen-bond acceptors (Lipinski definition) is 3. The standard InChI is InChI=1S/C16H18FN3O2/c17-14-2-1-11(8-13(14)16(21)22)7-12-3-6-20(9-12)10-15-18-4-5-19-15/h1-2,4-5,8,12H,3,6-7,9-10H2,(H,18,19)(H,21,22). The number of nitrogens with zero attached hydrogens (tertiary/aromatic N) is 2. The molecule has 0 saturated carbocycles. The van der Waals surface area contributed by atoms with Gasteiger partial charge in [0.1, 0.15) is 11.6 Å². The van der Waals surface area contributed by atoms with Crippen LogP contribution in [0.3, 0.4) is 0 Å². The van der Waals surface area contributed by atoms with Crippen molar-refractivity contribution >= 4 is 5.97 Å². The van der Waals surface area contributed by atoms with Crippen molar-refractivity contribution < 1.29 is 14.3 Å². The van der Waals surface area contributed by atoms with E-state index < -0.39 is 11.8 Å². The van der Waals surface area contributed by atoms with Crippen LogP contribution in [0.4, 0.5) is 4.39 Å². The summed E-state index contributed by atoms with van der Waals surface area (Å²) < 4.78 is 13.4. The van der Waals surface area contributed by atoms with Crippen molar-refractivity contribution in [2.75, 3.05) is 13.1 Å². The molecule has 2 N–H and O–H groups in total. The van der Waals surface area contributed by atoms with Crippen molar-refractivity contribution in [2.24, 2.45) is 5.92 Å². The molecule has 0 spiro atoms. The quantitative estimate of drug-likeness (QED) is 0.889. The molecule has 0 amide bonds. The van der Waals surface area contributed by atoms with Crippen LogP contribution in [0.2, 0.25) is 0 Å². The van der Waals surface area contributed by atoms with Gasteiger partial charge in [-0.05, 0) is 43.0 Å². The maximum absolute atomic E-state index is 13.4. The highest BCUT2D eigenvalue weighted by atomic mass is 19.1. The number of likely N-dealkylation sites (tertiary alicyclic amines) is 1. The molecule has 0 bridgehead atoms. The number of benzene rings is 1. The third kappa shape index (κ3) is 3.33. The van der Waals surface area contributed by atoms with Gasteiger partial charge in [-0.1, -0.05) is 6.07 Å². The molecule has 116 valence electrons. The van der Waals surface area contributed by atoms with E-state index in [0.717, 1.165) is 43.9 Å². The minimum atomic E-state index is -1.22. The van der Waals surface area contributed by atoms with Gasteiger partial charge in [0, 0.05) is 18.9 Å². The van der Waals surface area contributed by atoms with E-state index in [1.165, 1.54) is 12.1 Å². The Hall–Kier alpha value is -2.21. The Morgan fingerprint density at radius 1 is 1.50 bits per heavy atom. The molecular weight excluding hydrogens is 285 g/mol. The fourth-order valence-corrected chi connectivity index (χ4v) is 3.02. The summed E-state index contributed by atoms with van der Waals surface area (Å²) in [6.07, 6.45) is 5.39. The molecule has 6 heteroatoms. The summed E-state index contributed by atoms with van der Waals surface area (Å²) in [7, 11) is 0. The fraction of sp³-hybridized carbons (Fsp3) is 0.375. The van der Waals surface area contributed by atoms with Crippen LogP contribution in [-0.2, 0) is 13.0 Å². The van der Waals surface area contributed by atoms with Gasteiger partial charge < -0.3 is 10.1 Å². The molecule has 0 radical (unpaired) electrons. The van der Waals surface area contributed by atoms with Crippen LogP contribution in [-0.4, -0.2) is 39.0 Å². The first-order chi connectivity index (χ1) is 10.6. The van der Waals surface area contributed by atoms with Gasteiger partial charge in [0.25, 0.3) is 0 Å². The molecule has 0 aliphatic carbocycles. The number of H-pyrrole nitrogens is 1. The fourth-order valence-electron chi connectivity index (χ4n) is 3.02. The van der Waals surface area contributed by atoms with E-state index in [1.807, 2.05) is 6.20 Å². The summed E-state index contributed by atoms with van der Waals surface area (Å²) in [5, 5.41) is 8.98. The third-order valence-corrected chi connectivity index (χ3v) is 4.08. The highest BCUT2D eigenvalue weighted by molar-refractivity contribution is 5.88. The van der Waals surface area contributed by atoms with Crippen LogP contribution in [0.15, 0.2) is 30.6 Å². The molecule has 1 aromatic heterocycles. The second-order valence-corrected chi connectivity index (χ2v) is 5.75. The molecular formula is C16H18FN3O2. The number of rotatable bonds is 5. The number of carboxylic acids is 1. The number of imidazole rings is 1. The molecule has 3 rings (SSSR count). The summed E-state index contributed by atoms with van der Waals surface area (Å²) in [4.78, 5) is 20.6. The third-order valence-electron chi connectivity index (χ3n) is 4.08. The molecule has 5 nitrogen and oxygen atoms in total. The van der Waals surface area contributed by atoms with E-state index in [-0.39, 0.29) is 5.56 Å². The van der Waals surface area contributed by atoms with Crippen LogP contribution in [0.5, 0.6) is 0 Å². The Morgan fingerprint density at radius 3 is 3.09 bits per heavy atom. The molecule has 1 aliphatic heterocycles.